The maximum Gasteiger partial charge on any atom is 0.0353 e. The van der Waals surface area contributed by atoms with E-state index in [0.29, 0.717) is 0 Å². The van der Waals surface area contributed by atoms with Gasteiger partial charge in [-0.3, -0.25) is 4.98 Å². The molecule has 0 amide bonds. The van der Waals surface area contributed by atoms with Crippen molar-refractivity contribution in [1.29, 1.82) is 0 Å². The van der Waals surface area contributed by atoms with Crippen LogP contribution in [0.15, 0.2) is 55.1 Å². The van der Waals surface area contributed by atoms with E-state index in [0.717, 1.165) is 0 Å². The summed E-state index contributed by atoms with van der Waals surface area (Å²) in [4.78, 5) is 7.32. The Bertz CT molecular complexity index is 577. The second-order valence-corrected chi connectivity index (χ2v) is 3.51. The first-order chi connectivity index (χ1) is 7.45. The van der Waals surface area contributed by atoms with Crippen LogP contribution in [0.3, 0.4) is 0 Å². The molecule has 0 atom stereocenters. The van der Waals surface area contributed by atoms with Gasteiger partial charge >= 0.3 is 0 Å². The maximum absolute atomic E-state index is 4.25. The highest BCUT2D eigenvalue weighted by molar-refractivity contribution is 5.95. The lowest BCUT2D eigenvalue weighted by Crippen LogP contribution is -1.81. The van der Waals surface area contributed by atoms with Crippen molar-refractivity contribution in [3.05, 3.63) is 55.1 Å². The molecule has 72 valence electrons. The number of aromatic nitrogens is 2. The third kappa shape index (κ3) is 1.31. The fourth-order valence-corrected chi connectivity index (χ4v) is 1.84. The molecule has 3 rings (SSSR count). The molecule has 0 saturated heterocycles. The van der Waals surface area contributed by atoms with E-state index >= 15 is 0 Å². The van der Waals surface area contributed by atoms with Gasteiger partial charge in [-0.25, -0.2) is 0 Å². The minimum atomic E-state index is 1.18. The van der Waals surface area contributed by atoms with Crippen molar-refractivity contribution >= 4 is 10.8 Å². The molecule has 0 unspecified atom stereocenters. The number of pyridine rings is 1. The van der Waals surface area contributed by atoms with Gasteiger partial charge in [0.15, 0.2) is 0 Å². The number of nitrogens with one attached hydrogen (secondary N) is 1. The topological polar surface area (TPSA) is 28.7 Å². The Morgan fingerprint density at radius 3 is 2.80 bits per heavy atom. The van der Waals surface area contributed by atoms with Gasteiger partial charge in [0.25, 0.3) is 0 Å². The van der Waals surface area contributed by atoms with Gasteiger partial charge in [0.05, 0.1) is 0 Å². The summed E-state index contributed by atoms with van der Waals surface area (Å²) in [5.74, 6) is 0. The summed E-state index contributed by atoms with van der Waals surface area (Å²) in [6, 6.07) is 10.4. The van der Waals surface area contributed by atoms with E-state index in [1.807, 2.05) is 30.9 Å². The molecular formula is C13H10N2. The summed E-state index contributed by atoms with van der Waals surface area (Å²) >= 11 is 0. The first-order valence-electron chi connectivity index (χ1n) is 4.91. The van der Waals surface area contributed by atoms with Gasteiger partial charge in [-0.1, -0.05) is 24.3 Å². The van der Waals surface area contributed by atoms with Crippen LogP contribution < -0.4 is 0 Å². The van der Waals surface area contributed by atoms with Crippen molar-refractivity contribution < 1.29 is 0 Å². The van der Waals surface area contributed by atoms with Crippen molar-refractivity contribution in [2.75, 3.05) is 0 Å². The Kier molecular flexibility index (Phi) is 1.78. The molecule has 0 spiro atoms. The van der Waals surface area contributed by atoms with Crippen molar-refractivity contribution in [2.45, 2.75) is 0 Å². The zero-order chi connectivity index (χ0) is 10.1. The molecule has 0 aliphatic rings. The first-order valence-corrected chi connectivity index (χ1v) is 4.91. The van der Waals surface area contributed by atoms with Crippen LogP contribution >= 0.6 is 0 Å². The van der Waals surface area contributed by atoms with Crippen molar-refractivity contribution in [3.63, 3.8) is 0 Å². The molecule has 2 nitrogen and oxygen atoms in total. The Morgan fingerprint density at radius 2 is 1.93 bits per heavy atom. The average Bonchev–Trinajstić information content (AvgIpc) is 2.82. The predicted octanol–water partition coefficient (Wildman–Crippen LogP) is 3.23. The molecule has 15 heavy (non-hydrogen) atoms. The Balaban J connectivity index is 2.36. The number of fused-ring (bicyclic) bond motifs is 1. The summed E-state index contributed by atoms with van der Waals surface area (Å²) in [5, 5.41) is 2.42. The van der Waals surface area contributed by atoms with Gasteiger partial charge < -0.3 is 4.98 Å². The van der Waals surface area contributed by atoms with Gasteiger partial charge in [-0.05, 0) is 11.5 Å². The zero-order valence-corrected chi connectivity index (χ0v) is 8.14. The van der Waals surface area contributed by atoms with E-state index in [4.69, 9.17) is 0 Å². The molecule has 1 aromatic carbocycles. The largest absolute Gasteiger partial charge is 0.367 e. The van der Waals surface area contributed by atoms with Crippen LogP contribution in [0, 0.1) is 0 Å². The molecule has 0 bridgehead atoms. The van der Waals surface area contributed by atoms with Gasteiger partial charge in [0, 0.05) is 41.3 Å². The van der Waals surface area contributed by atoms with Crippen molar-refractivity contribution in [2.24, 2.45) is 0 Å². The van der Waals surface area contributed by atoms with E-state index in [1.165, 1.54) is 21.9 Å². The van der Waals surface area contributed by atoms with E-state index in [2.05, 4.69) is 34.2 Å². The van der Waals surface area contributed by atoms with Gasteiger partial charge in [0.1, 0.15) is 0 Å². The summed E-state index contributed by atoms with van der Waals surface area (Å²) in [6.45, 7) is 0. The quantitative estimate of drug-likeness (QED) is 0.633. The Morgan fingerprint density at radius 1 is 1.00 bits per heavy atom. The lowest BCUT2D eigenvalue weighted by molar-refractivity contribution is 1.36. The molecular weight excluding hydrogens is 184 g/mol. The predicted molar refractivity (Wildman–Crippen MR) is 61.5 cm³/mol. The standard InChI is InChI=1S/C13H10N2/c1-2-4-12-10(3-1)8-15-9-13(12)11-5-6-14-7-11/h1-9,14H. The number of aromatic amines is 1. The molecule has 0 aliphatic carbocycles. The number of hydrogen-bond acceptors (Lipinski definition) is 1. The van der Waals surface area contributed by atoms with Crippen molar-refractivity contribution in [1.82, 2.24) is 9.97 Å². The summed E-state index contributed by atoms with van der Waals surface area (Å²) in [6.07, 6.45) is 7.72. The molecule has 0 radical (unpaired) electrons. The molecule has 0 fully saturated rings. The van der Waals surface area contributed by atoms with Gasteiger partial charge in [-0.15, -0.1) is 0 Å². The third-order valence-electron chi connectivity index (χ3n) is 2.58. The second kappa shape index (κ2) is 3.24. The monoisotopic (exact) mass is 194 g/mol. The minimum Gasteiger partial charge on any atom is -0.367 e. The second-order valence-electron chi connectivity index (χ2n) is 3.51. The SMILES string of the molecule is c1ccc2c(-c3cc[nH]c3)cncc2c1. The summed E-state index contributed by atoms with van der Waals surface area (Å²) < 4.78 is 0. The van der Waals surface area contributed by atoms with Crippen LogP contribution in [0.1, 0.15) is 0 Å². The van der Waals surface area contributed by atoms with Crippen LogP contribution in [0.5, 0.6) is 0 Å². The fourth-order valence-electron chi connectivity index (χ4n) is 1.84. The molecule has 2 heterocycles. The van der Waals surface area contributed by atoms with E-state index in [-0.39, 0.29) is 0 Å². The molecule has 0 aliphatic heterocycles. The van der Waals surface area contributed by atoms with E-state index in [9.17, 15) is 0 Å². The molecule has 2 heteroatoms. The number of H-pyrrole nitrogens is 1. The highest BCUT2D eigenvalue weighted by atomic mass is 14.6. The lowest BCUT2D eigenvalue weighted by atomic mass is 10.0. The van der Waals surface area contributed by atoms with Gasteiger partial charge in [-0.2, -0.15) is 0 Å². The molecule has 2 aromatic heterocycles. The van der Waals surface area contributed by atoms with E-state index in [1.54, 1.807) is 0 Å². The van der Waals surface area contributed by atoms with Crippen molar-refractivity contribution in [3.8, 4) is 11.1 Å². The highest BCUT2D eigenvalue weighted by Gasteiger charge is 2.03. The number of hydrogen-bond donors (Lipinski definition) is 1. The Labute approximate surface area is 87.6 Å². The summed E-state index contributed by atoms with van der Waals surface area (Å²) in [7, 11) is 0. The molecule has 1 N–H and O–H groups in total. The maximum atomic E-state index is 4.25. The van der Waals surface area contributed by atoms with Crippen LogP contribution in [-0.4, -0.2) is 9.97 Å². The fraction of sp³-hybridized carbons (Fsp3) is 0. The first kappa shape index (κ1) is 8.24. The lowest BCUT2D eigenvalue weighted by Gasteiger charge is -2.02. The minimum absolute atomic E-state index is 1.18. The highest BCUT2D eigenvalue weighted by Crippen LogP contribution is 2.26. The number of rotatable bonds is 1. The van der Waals surface area contributed by atoms with Gasteiger partial charge in [0.2, 0.25) is 0 Å². The zero-order valence-electron chi connectivity index (χ0n) is 8.14. The summed E-state index contributed by atoms with van der Waals surface area (Å²) in [5.41, 5.74) is 2.36. The van der Waals surface area contributed by atoms with Crippen LogP contribution in [0.25, 0.3) is 21.9 Å². The number of nitrogens with zero attached hydrogens (tertiary/aromatic N) is 1. The molecule has 0 saturated carbocycles. The Hall–Kier alpha value is -2.09. The normalized spacial score (nSPS) is 10.7. The number of benzene rings is 1. The van der Waals surface area contributed by atoms with Crippen LogP contribution in [0.2, 0.25) is 0 Å². The van der Waals surface area contributed by atoms with E-state index < -0.39 is 0 Å². The molecule has 3 aromatic rings. The van der Waals surface area contributed by atoms with Crippen LogP contribution in [-0.2, 0) is 0 Å². The van der Waals surface area contributed by atoms with Crippen LogP contribution in [0.4, 0.5) is 0 Å². The smallest absolute Gasteiger partial charge is 0.0353 e. The third-order valence-corrected chi connectivity index (χ3v) is 2.58. The average molecular weight is 194 g/mol.